The predicted molar refractivity (Wildman–Crippen MR) is 172 cm³/mol. The quantitative estimate of drug-likeness (QED) is 0.210. The van der Waals surface area contributed by atoms with Gasteiger partial charge in [-0.2, -0.15) is 0 Å². The number of ether oxygens (including phenoxy) is 1. The highest BCUT2D eigenvalue weighted by atomic mass is 35.5. The minimum absolute atomic E-state index is 0.248. The number of methoxy groups -OCH3 is 1. The number of hydrogen-bond acceptors (Lipinski definition) is 4. The number of benzene rings is 4. The molecule has 1 aliphatic rings. The number of carboxylic acid groups (broad SMARTS) is 1. The van der Waals surface area contributed by atoms with Gasteiger partial charge in [-0.1, -0.05) is 55.1 Å². The van der Waals surface area contributed by atoms with Crippen LogP contribution in [0.25, 0.3) is 55.7 Å². The number of halogens is 1. The van der Waals surface area contributed by atoms with E-state index in [9.17, 15) is 9.90 Å². The molecule has 2 aromatic heterocycles. The largest absolute Gasteiger partial charge is 0.497 e. The second kappa shape index (κ2) is 11.2. The molecule has 0 spiro atoms. The fourth-order valence-corrected chi connectivity index (χ4v) is 6.43. The van der Waals surface area contributed by atoms with Crippen molar-refractivity contribution in [2.24, 2.45) is 0 Å². The van der Waals surface area contributed by atoms with Crippen LogP contribution in [0.2, 0.25) is 5.02 Å². The van der Waals surface area contributed by atoms with E-state index in [-0.39, 0.29) is 5.56 Å². The highest BCUT2D eigenvalue weighted by molar-refractivity contribution is 6.30. The molecule has 6 aromatic rings. The third kappa shape index (κ3) is 5.12. The molecule has 7 rings (SSSR count). The Morgan fingerprint density at radius 2 is 1.60 bits per heavy atom. The second-order valence-corrected chi connectivity index (χ2v) is 11.6. The summed E-state index contributed by atoms with van der Waals surface area (Å²) in [7, 11) is 1.67. The number of nitrogens with zero attached hydrogens (tertiary/aromatic N) is 3. The number of aromatic nitrogens is 3. The third-order valence-corrected chi connectivity index (χ3v) is 8.73. The normalized spacial score (nSPS) is 13.9. The Balaban J connectivity index is 1.33. The lowest BCUT2D eigenvalue weighted by molar-refractivity contribution is 0.0697. The van der Waals surface area contributed by atoms with Crippen molar-refractivity contribution in [2.75, 3.05) is 7.11 Å². The van der Waals surface area contributed by atoms with E-state index in [1.165, 1.54) is 19.3 Å². The maximum Gasteiger partial charge on any atom is 0.335 e. The van der Waals surface area contributed by atoms with Crippen LogP contribution in [-0.2, 0) is 0 Å². The summed E-state index contributed by atoms with van der Waals surface area (Å²) in [6, 6.07) is 29.8. The van der Waals surface area contributed by atoms with Crippen LogP contribution in [0, 0.1) is 0 Å². The molecule has 1 fully saturated rings. The van der Waals surface area contributed by atoms with Gasteiger partial charge in [0, 0.05) is 27.6 Å². The minimum Gasteiger partial charge on any atom is -0.497 e. The summed E-state index contributed by atoms with van der Waals surface area (Å²) in [6.45, 7) is 0. The molecule has 43 heavy (non-hydrogen) atoms. The van der Waals surface area contributed by atoms with Crippen LogP contribution in [0.15, 0.2) is 91.0 Å². The summed E-state index contributed by atoms with van der Waals surface area (Å²) >= 11 is 6.16. The highest BCUT2D eigenvalue weighted by Gasteiger charge is 2.23. The molecule has 0 bridgehead atoms. The monoisotopic (exact) mass is 587 g/mol. The number of rotatable bonds is 6. The van der Waals surface area contributed by atoms with E-state index >= 15 is 0 Å². The molecule has 1 aliphatic carbocycles. The Bertz CT molecular complexity index is 1990. The molecule has 6 nitrogen and oxygen atoms in total. The van der Waals surface area contributed by atoms with Gasteiger partial charge in [-0.3, -0.25) is 0 Å². The zero-order chi connectivity index (χ0) is 29.5. The Morgan fingerprint density at radius 3 is 2.37 bits per heavy atom. The zero-order valence-corrected chi connectivity index (χ0v) is 24.5. The molecule has 0 radical (unpaired) electrons. The summed E-state index contributed by atoms with van der Waals surface area (Å²) < 4.78 is 7.89. The van der Waals surface area contributed by atoms with Gasteiger partial charge in [0.25, 0.3) is 0 Å². The lowest BCUT2D eigenvalue weighted by Gasteiger charge is -2.25. The molecular weight excluding hydrogens is 558 g/mol. The summed E-state index contributed by atoms with van der Waals surface area (Å²) in [5.41, 5.74) is 7.72. The number of carbonyl (C=O) groups is 1. The zero-order valence-electron chi connectivity index (χ0n) is 23.8. The van der Waals surface area contributed by atoms with Crippen LogP contribution in [0.5, 0.6) is 5.75 Å². The average molecular weight is 588 g/mol. The Hall–Kier alpha value is -4.68. The van der Waals surface area contributed by atoms with Crippen molar-refractivity contribution >= 4 is 39.5 Å². The topological polar surface area (TPSA) is 77.2 Å². The first-order valence-corrected chi connectivity index (χ1v) is 15.0. The van der Waals surface area contributed by atoms with E-state index in [1.807, 2.05) is 54.6 Å². The summed E-state index contributed by atoms with van der Waals surface area (Å²) in [5.74, 6) is 0.685. The van der Waals surface area contributed by atoms with Crippen molar-refractivity contribution < 1.29 is 14.6 Å². The minimum atomic E-state index is -0.946. The number of aromatic carboxylic acids is 1. The number of fused-ring (bicyclic) bond motifs is 2. The number of carboxylic acids is 1. The second-order valence-electron chi connectivity index (χ2n) is 11.1. The number of pyridine rings is 1. The van der Waals surface area contributed by atoms with Crippen molar-refractivity contribution in [3.05, 3.63) is 102 Å². The van der Waals surface area contributed by atoms with Crippen LogP contribution in [0.1, 0.15) is 48.5 Å². The van der Waals surface area contributed by atoms with Gasteiger partial charge in [-0.05, 0) is 90.7 Å². The van der Waals surface area contributed by atoms with E-state index in [2.05, 4.69) is 28.8 Å². The van der Waals surface area contributed by atoms with Gasteiger partial charge in [-0.15, -0.1) is 0 Å². The molecule has 0 atom stereocenters. The standard InChI is InChI=1S/C36H30ClN3O3/c1-43-28-14-15-29(22-7-12-26(37)13-8-22)30(21-28)32-17-9-23-19-24(10-16-31(23)38-32)35-39-33-20-25(36(41)42)11-18-34(33)40(35)27-5-3-2-4-6-27/h7-21,27H,2-6H2,1H3,(H,41,42). The van der Waals surface area contributed by atoms with E-state index in [0.717, 1.165) is 68.8 Å². The van der Waals surface area contributed by atoms with Gasteiger partial charge in [0.05, 0.1) is 34.9 Å². The average Bonchev–Trinajstić information content (AvgIpc) is 3.44. The van der Waals surface area contributed by atoms with E-state index in [4.69, 9.17) is 26.3 Å². The van der Waals surface area contributed by atoms with Crippen LogP contribution in [-0.4, -0.2) is 32.7 Å². The molecule has 214 valence electrons. The van der Waals surface area contributed by atoms with Crippen molar-refractivity contribution in [2.45, 2.75) is 38.1 Å². The van der Waals surface area contributed by atoms with Crippen molar-refractivity contribution in [3.8, 4) is 39.5 Å². The number of imidazole rings is 1. The van der Waals surface area contributed by atoms with E-state index in [1.54, 1.807) is 19.2 Å². The Kier molecular flexibility index (Phi) is 7.07. The molecule has 0 amide bonds. The first-order valence-electron chi connectivity index (χ1n) is 14.6. The molecule has 0 saturated heterocycles. The van der Waals surface area contributed by atoms with Crippen molar-refractivity contribution in [1.82, 2.24) is 14.5 Å². The van der Waals surface area contributed by atoms with E-state index < -0.39 is 5.97 Å². The third-order valence-electron chi connectivity index (χ3n) is 8.48. The Labute approximate surface area is 254 Å². The maximum atomic E-state index is 11.7. The molecule has 1 N–H and O–H groups in total. The summed E-state index contributed by atoms with van der Waals surface area (Å²) in [4.78, 5) is 21.8. The van der Waals surface area contributed by atoms with Crippen LogP contribution < -0.4 is 4.74 Å². The Morgan fingerprint density at radius 1 is 0.814 bits per heavy atom. The predicted octanol–water partition coefficient (Wildman–Crippen LogP) is 9.45. The lowest BCUT2D eigenvalue weighted by atomic mass is 9.94. The van der Waals surface area contributed by atoms with Gasteiger partial charge in [0.15, 0.2) is 0 Å². The molecule has 4 aromatic carbocycles. The van der Waals surface area contributed by atoms with Crippen LogP contribution in [0.3, 0.4) is 0 Å². The van der Waals surface area contributed by atoms with Gasteiger partial charge < -0.3 is 14.4 Å². The van der Waals surface area contributed by atoms with Crippen LogP contribution >= 0.6 is 11.6 Å². The SMILES string of the molecule is COc1ccc(-c2ccc(Cl)cc2)c(-c2ccc3cc(-c4nc5cc(C(=O)O)ccc5n4C4CCCCC4)ccc3n2)c1. The first-order chi connectivity index (χ1) is 21.0. The summed E-state index contributed by atoms with van der Waals surface area (Å²) in [6.07, 6.45) is 5.80. The van der Waals surface area contributed by atoms with Gasteiger partial charge in [0.2, 0.25) is 0 Å². The van der Waals surface area contributed by atoms with Gasteiger partial charge in [0.1, 0.15) is 11.6 Å². The fourth-order valence-electron chi connectivity index (χ4n) is 6.30. The first kappa shape index (κ1) is 27.2. The van der Waals surface area contributed by atoms with Gasteiger partial charge >= 0.3 is 5.97 Å². The molecule has 0 aliphatic heterocycles. The lowest BCUT2D eigenvalue weighted by Crippen LogP contribution is -2.14. The number of hydrogen-bond donors (Lipinski definition) is 1. The summed E-state index contributed by atoms with van der Waals surface area (Å²) in [5, 5.41) is 11.3. The van der Waals surface area contributed by atoms with Gasteiger partial charge in [-0.25, -0.2) is 14.8 Å². The molecule has 1 saturated carbocycles. The van der Waals surface area contributed by atoms with Crippen molar-refractivity contribution in [1.29, 1.82) is 0 Å². The van der Waals surface area contributed by atoms with Crippen LogP contribution in [0.4, 0.5) is 0 Å². The fraction of sp³-hybridized carbons (Fsp3) is 0.194. The molecule has 0 unspecified atom stereocenters. The van der Waals surface area contributed by atoms with E-state index in [0.29, 0.717) is 16.6 Å². The smallest absolute Gasteiger partial charge is 0.335 e. The molecular formula is C36H30ClN3O3. The maximum absolute atomic E-state index is 11.7. The highest BCUT2D eigenvalue weighted by Crippen LogP contribution is 2.38. The van der Waals surface area contributed by atoms with Crippen molar-refractivity contribution in [3.63, 3.8) is 0 Å². The molecule has 7 heteroatoms. The molecule has 2 heterocycles.